The Balaban J connectivity index is 1.13. The van der Waals surface area contributed by atoms with Crippen molar-refractivity contribution >= 4 is 64.4 Å². The number of thiophene rings is 1. The van der Waals surface area contributed by atoms with Crippen LogP contribution in [0.1, 0.15) is 0 Å². The third kappa shape index (κ3) is 4.25. The van der Waals surface area contributed by atoms with Crippen LogP contribution in [-0.2, 0) is 0 Å². The Morgan fingerprint density at radius 2 is 1.08 bits per heavy atom. The first kappa shape index (κ1) is 27.0. The van der Waals surface area contributed by atoms with Crippen LogP contribution in [0, 0.1) is 0 Å². The van der Waals surface area contributed by atoms with Crippen LogP contribution in [0.4, 0.5) is 0 Å². The summed E-state index contributed by atoms with van der Waals surface area (Å²) in [6.45, 7) is 0. The highest BCUT2D eigenvalue weighted by molar-refractivity contribution is 7.25. The van der Waals surface area contributed by atoms with Crippen molar-refractivity contribution in [2.24, 2.45) is 0 Å². The number of pyridine rings is 1. The van der Waals surface area contributed by atoms with E-state index in [0.717, 1.165) is 71.5 Å². The van der Waals surface area contributed by atoms with Gasteiger partial charge in [0.15, 0.2) is 5.82 Å². The van der Waals surface area contributed by atoms with Gasteiger partial charge in [0.05, 0.1) is 22.6 Å². The Labute approximate surface area is 279 Å². The van der Waals surface area contributed by atoms with Gasteiger partial charge in [-0.05, 0) is 29.7 Å². The second-order valence-corrected chi connectivity index (χ2v) is 13.0. The van der Waals surface area contributed by atoms with Crippen molar-refractivity contribution < 1.29 is 4.42 Å². The fourth-order valence-electron chi connectivity index (χ4n) is 6.86. The first-order valence-corrected chi connectivity index (χ1v) is 16.8. The molecular weight excluding hydrogens is 607 g/mol. The van der Waals surface area contributed by atoms with Crippen molar-refractivity contribution in [2.45, 2.75) is 0 Å². The molecule has 0 aliphatic heterocycles. The van der Waals surface area contributed by atoms with E-state index in [4.69, 9.17) is 19.4 Å². The maximum Gasteiger partial charge on any atom is 0.164 e. The standard InChI is InChI=1S/C43H25N3OS/c1-2-11-26(12-3-1)35-25-36(45-42(44-35)34-18-10-17-32-29-13-6-8-19-37(29)47-41(32)34)27-21-23-28(24-22-27)40-31-15-5-4-14-30(31)39-33-16-7-9-20-38(33)48-43(39)46-40/h1-25H. The van der Waals surface area contributed by atoms with Gasteiger partial charge in [-0.15, -0.1) is 11.3 Å². The van der Waals surface area contributed by atoms with Gasteiger partial charge in [0, 0.05) is 48.3 Å². The van der Waals surface area contributed by atoms with Crippen LogP contribution < -0.4 is 0 Å². The lowest BCUT2D eigenvalue weighted by Crippen LogP contribution is -1.96. The van der Waals surface area contributed by atoms with E-state index in [1.807, 2.05) is 42.5 Å². The Bertz CT molecular complexity index is 2830. The molecule has 224 valence electrons. The number of nitrogens with zero attached hydrogens (tertiary/aromatic N) is 3. The van der Waals surface area contributed by atoms with Gasteiger partial charge in [-0.1, -0.05) is 127 Å². The summed E-state index contributed by atoms with van der Waals surface area (Å²) >= 11 is 1.75. The highest BCUT2D eigenvalue weighted by Gasteiger charge is 2.18. The molecule has 4 nitrogen and oxygen atoms in total. The van der Waals surface area contributed by atoms with Crippen LogP contribution in [0.2, 0.25) is 0 Å². The van der Waals surface area contributed by atoms with E-state index in [-0.39, 0.29) is 0 Å². The molecule has 0 amide bonds. The zero-order valence-corrected chi connectivity index (χ0v) is 26.4. The van der Waals surface area contributed by atoms with E-state index in [0.29, 0.717) is 5.82 Å². The maximum atomic E-state index is 6.39. The summed E-state index contributed by atoms with van der Waals surface area (Å²) in [6, 6.07) is 52.5. The SMILES string of the molecule is c1ccc(-c2cc(-c3ccc(-c4nc5sc6ccccc6c5c5ccccc45)cc3)nc(-c3cccc4c3oc3ccccc34)n2)cc1. The number of para-hydroxylation sites is 2. The zero-order valence-electron chi connectivity index (χ0n) is 25.6. The predicted octanol–water partition coefficient (Wildman–Crippen LogP) is 12.0. The van der Waals surface area contributed by atoms with Gasteiger partial charge < -0.3 is 4.42 Å². The van der Waals surface area contributed by atoms with Crippen LogP contribution >= 0.6 is 11.3 Å². The van der Waals surface area contributed by atoms with Crippen LogP contribution in [0.5, 0.6) is 0 Å². The van der Waals surface area contributed by atoms with Crippen LogP contribution in [0.3, 0.4) is 0 Å². The molecule has 0 aliphatic rings. The third-order valence-corrected chi connectivity index (χ3v) is 10.2. The molecule has 0 aliphatic carbocycles. The molecule has 0 fully saturated rings. The number of aromatic nitrogens is 3. The van der Waals surface area contributed by atoms with Crippen LogP contribution in [0.15, 0.2) is 156 Å². The number of rotatable bonds is 4. The smallest absolute Gasteiger partial charge is 0.164 e. The largest absolute Gasteiger partial charge is 0.455 e. The van der Waals surface area contributed by atoms with Gasteiger partial charge in [0.25, 0.3) is 0 Å². The second kappa shape index (κ2) is 10.7. The minimum absolute atomic E-state index is 0.628. The fraction of sp³-hybridized carbons (Fsp3) is 0. The van der Waals surface area contributed by atoms with Gasteiger partial charge in [-0.2, -0.15) is 0 Å². The molecule has 10 aromatic rings. The summed E-state index contributed by atoms with van der Waals surface area (Å²) in [5.41, 5.74) is 8.30. The Morgan fingerprint density at radius 3 is 1.90 bits per heavy atom. The number of furan rings is 1. The summed E-state index contributed by atoms with van der Waals surface area (Å²) in [6.07, 6.45) is 0. The first-order chi connectivity index (χ1) is 23.8. The number of hydrogen-bond acceptors (Lipinski definition) is 5. The lowest BCUT2D eigenvalue weighted by atomic mass is 9.99. The molecule has 6 aromatic carbocycles. The van der Waals surface area contributed by atoms with Gasteiger partial charge in [0.1, 0.15) is 16.0 Å². The summed E-state index contributed by atoms with van der Waals surface area (Å²) in [5.74, 6) is 0.628. The zero-order chi connectivity index (χ0) is 31.6. The minimum atomic E-state index is 0.628. The van der Waals surface area contributed by atoms with E-state index in [9.17, 15) is 0 Å². The molecule has 0 radical (unpaired) electrons. The van der Waals surface area contributed by atoms with Crippen molar-refractivity contribution in [1.82, 2.24) is 15.0 Å². The molecule has 0 saturated heterocycles. The minimum Gasteiger partial charge on any atom is -0.455 e. The molecule has 0 atom stereocenters. The Hall–Kier alpha value is -6.17. The third-order valence-electron chi connectivity index (χ3n) is 9.14. The maximum absolute atomic E-state index is 6.39. The average molecular weight is 632 g/mol. The van der Waals surface area contributed by atoms with Crippen molar-refractivity contribution in [2.75, 3.05) is 0 Å². The van der Waals surface area contributed by atoms with Gasteiger partial charge in [-0.25, -0.2) is 15.0 Å². The van der Waals surface area contributed by atoms with E-state index in [1.165, 1.54) is 20.9 Å². The molecule has 0 bridgehead atoms. The van der Waals surface area contributed by atoms with Crippen molar-refractivity contribution in [3.8, 4) is 45.2 Å². The number of hydrogen-bond donors (Lipinski definition) is 0. The summed E-state index contributed by atoms with van der Waals surface area (Å²) in [4.78, 5) is 16.5. The number of fused-ring (bicyclic) bond motifs is 8. The first-order valence-electron chi connectivity index (χ1n) is 15.9. The highest BCUT2D eigenvalue weighted by atomic mass is 32.1. The van der Waals surface area contributed by atoms with Gasteiger partial charge >= 0.3 is 0 Å². The van der Waals surface area contributed by atoms with Crippen LogP contribution in [0.25, 0.3) is 98.2 Å². The number of benzene rings is 6. The molecule has 10 rings (SSSR count). The van der Waals surface area contributed by atoms with Crippen LogP contribution in [-0.4, -0.2) is 15.0 Å². The van der Waals surface area contributed by atoms with E-state index < -0.39 is 0 Å². The highest BCUT2D eigenvalue weighted by Crippen LogP contribution is 2.41. The van der Waals surface area contributed by atoms with Crippen molar-refractivity contribution in [3.05, 3.63) is 152 Å². The molecule has 0 N–H and O–H groups in total. The normalized spacial score (nSPS) is 11.8. The molecule has 48 heavy (non-hydrogen) atoms. The Kier molecular flexibility index (Phi) is 6.01. The molecule has 4 aromatic heterocycles. The average Bonchev–Trinajstić information content (AvgIpc) is 3.73. The molecule has 0 unspecified atom stereocenters. The second-order valence-electron chi connectivity index (χ2n) is 12.0. The van der Waals surface area contributed by atoms with E-state index in [2.05, 4.69) is 109 Å². The summed E-state index contributed by atoms with van der Waals surface area (Å²) in [5, 5.41) is 7.00. The summed E-state index contributed by atoms with van der Waals surface area (Å²) < 4.78 is 7.65. The van der Waals surface area contributed by atoms with E-state index in [1.54, 1.807) is 11.3 Å². The van der Waals surface area contributed by atoms with Gasteiger partial charge in [0.2, 0.25) is 0 Å². The predicted molar refractivity (Wildman–Crippen MR) is 199 cm³/mol. The van der Waals surface area contributed by atoms with Crippen molar-refractivity contribution in [1.29, 1.82) is 0 Å². The molecule has 0 spiro atoms. The molecule has 4 heterocycles. The lowest BCUT2D eigenvalue weighted by Gasteiger charge is -2.11. The molecule has 0 saturated carbocycles. The summed E-state index contributed by atoms with van der Waals surface area (Å²) in [7, 11) is 0. The molecular formula is C43H25N3OS. The van der Waals surface area contributed by atoms with Crippen molar-refractivity contribution in [3.63, 3.8) is 0 Å². The molecule has 5 heteroatoms. The fourth-order valence-corrected chi connectivity index (χ4v) is 7.95. The lowest BCUT2D eigenvalue weighted by molar-refractivity contribution is 0.669. The Morgan fingerprint density at radius 1 is 0.458 bits per heavy atom. The quantitative estimate of drug-likeness (QED) is 0.194. The van der Waals surface area contributed by atoms with Gasteiger partial charge in [-0.3, -0.25) is 0 Å². The topological polar surface area (TPSA) is 51.8 Å². The monoisotopic (exact) mass is 631 g/mol. The van der Waals surface area contributed by atoms with E-state index >= 15 is 0 Å².